The summed E-state index contributed by atoms with van der Waals surface area (Å²) < 4.78 is 13.2. The predicted octanol–water partition coefficient (Wildman–Crippen LogP) is 3.42. The summed E-state index contributed by atoms with van der Waals surface area (Å²) in [6.07, 6.45) is 0.683. The first-order valence-electron chi connectivity index (χ1n) is 10.1. The van der Waals surface area contributed by atoms with E-state index in [9.17, 15) is 9.18 Å². The fraction of sp³-hybridized carbons (Fsp3) is 0.435. The smallest absolute Gasteiger partial charge is 0.227 e. The lowest BCUT2D eigenvalue weighted by Gasteiger charge is -2.38. The zero-order valence-electron chi connectivity index (χ0n) is 16.8. The first-order valence-corrected chi connectivity index (χ1v) is 10.1. The molecule has 1 amide bonds. The molecule has 0 aromatic heterocycles. The van der Waals surface area contributed by atoms with Crippen molar-refractivity contribution in [3.8, 4) is 0 Å². The van der Waals surface area contributed by atoms with E-state index in [4.69, 9.17) is 0 Å². The van der Waals surface area contributed by atoms with Crippen LogP contribution < -0.4 is 5.32 Å². The average molecular weight is 384 g/mol. The number of carbonyl (C=O) groups is 1. The number of hydrogen-bond acceptors (Lipinski definition) is 3. The van der Waals surface area contributed by atoms with Crippen molar-refractivity contribution in [2.75, 3.05) is 39.8 Å². The summed E-state index contributed by atoms with van der Waals surface area (Å²) >= 11 is 0. The number of amides is 1. The first-order chi connectivity index (χ1) is 13.6. The zero-order chi connectivity index (χ0) is 19.9. The van der Waals surface area contributed by atoms with E-state index in [2.05, 4.69) is 34.3 Å². The molecular formula is C23H30FN3O. The molecule has 1 heterocycles. The monoisotopic (exact) mass is 383 g/mol. The van der Waals surface area contributed by atoms with Crippen molar-refractivity contribution in [3.05, 3.63) is 71.5 Å². The Morgan fingerprint density at radius 2 is 1.64 bits per heavy atom. The van der Waals surface area contributed by atoms with Crippen molar-refractivity contribution in [2.45, 2.75) is 25.3 Å². The summed E-state index contributed by atoms with van der Waals surface area (Å²) in [5.41, 5.74) is 2.08. The number of carbonyl (C=O) groups excluding carboxylic acids is 1. The van der Waals surface area contributed by atoms with Gasteiger partial charge in [0.25, 0.3) is 0 Å². The van der Waals surface area contributed by atoms with Crippen LogP contribution in [-0.2, 0) is 4.79 Å². The van der Waals surface area contributed by atoms with Crippen molar-refractivity contribution in [1.29, 1.82) is 0 Å². The van der Waals surface area contributed by atoms with Gasteiger partial charge in [0.1, 0.15) is 5.82 Å². The van der Waals surface area contributed by atoms with E-state index in [0.29, 0.717) is 13.0 Å². The largest absolute Gasteiger partial charge is 0.354 e. The van der Waals surface area contributed by atoms with Crippen LogP contribution >= 0.6 is 0 Å². The number of nitrogens with zero attached hydrogens (tertiary/aromatic N) is 2. The van der Waals surface area contributed by atoms with Gasteiger partial charge in [-0.15, -0.1) is 0 Å². The van der Waals surface area contributed by atoms with Gasteiger partial charge in [0.15, 0.2) is 0 Å². The lowest BCUT2D eigenvalue weighted by molar-refractivity contribution is -0.123. The van der Waals surface area contributed by atoms with Crippen LogP contribution in [0.25, 0.3) is 0 Å². The van der Waals surface area contributed by atoms with E-state index >= 15 is 0 Å². The topological polar surface area (TPSA) is 35.6 Å². The average Bonchev–Trinajstić information content (AvgIpc) is 2.72. The van der Waals surface area contributed by atoms with Crippen LogP contribution in [0.1, 0.15) is 36.4 Å². The van der Waals surface area contributed by atoms with Crippen LogP contribution in [0.5, 0.6) is 0 Å². The molecule has 28 heavy (non-hydrogen) atoms. The van der Waals surface area contributed by atoms with Crippen molar-refractivity contribution in [2.24, 2.45) is 0 Å². The van der Waals surface area contributed by atoms with Gasteiger partial charge in [0.05, 0.1) is 12.0 Å². The zero-order valence-corrected chi connectivity index (χ0v) is 16.8. The number of likely N-dealkylation sites (N-methyl/N-ethyl adjacent to an activating group) is 1. The molecule has 0 saturated carbocycles. The molecular weight excluding hydrogens is 353 g/mol. The van der Waals surface area contributed by atoms with Crippen molar-refractivity contribution in [1.82, 2.24) is 15.1 Å². The summed E-state index contributed by atoms with van der Waals surface area (Å²) in [6.45, 7) is 6.60. The molecule has 2 aromatic rings. The number of piperazine rings is 1. The van der Waals surface area contributed by atoms with Crippen LogP contribution in [0.15, 0.2) is 54.6 Å². The maximum absolute atomic E-state index is 13.2. The fourth-order valence-corrected chi connectivity index (χ4v) is 3.85. The first kappa shape index (κ1) is 20.5. The minimum atomic E-state index is -0.279. The van der Waals surface area contributed by atoms with E-state index in [-0.39, 0.29) is 23.7 Å². The number of rotatable bonds is 7. The number of hydrogen-bond donors (Lipinski definition) is 1. The molecule has 150 valence electrons. The number of nitrogens with one attached hydrogen (secondary N) is 1. The molecule has 2 atom stereocenters. The highest BCUT2D eigenvalue weighted by Gasteiger charge is 2.26. The van der Waals surface area contributed by atoms with Gasteiger partial charge in [-0.25, -0.2) is 4.39 Å². The second-order valence-corrected chi connectivity index (χ2v) is 7.52. The van der Waals surface area contributed by atoms with Gasteiger partial charge in [-0.05, 0) is 36.7 Å². The van der Waals surface area contributed by atoms with Gasteiger partial charge in [0.2, 0.25) is 5.91 Å². The Morgan fingerprint density at radius 3 is 2.25 bits per heavy atom. The Balaban J connectivity index is 1.70. The van der Waals surface area contributed by atoms with Crippen molar-refractivity contribution < 1.29 is 9.18 Å². The van der Waals surface area contributed by atoms with Crippen molar-refractivity contribution >= 4 is 5.91 Å². The molecule has 2 unspecified atom stereocenters. The van der Waals surface area contributed by atoms with Gasteiger partial charge < -0.3 is 10.2 Å². The Kier molecular flexibility index (Phi) is 7.18. The molecule has 5 heteroatoms. The third-order valence-electron chi connectivity index (χ3n) is 5.63. The number of benzene rings is 2. The highest BCUT2D eigenvalue weighted by atomic mass is 19.1. The molecule has 1 N–H and O–H groups in total. The molecule has 1 aliphatic heterocycles. The van der Waals surface area contributed by atoms with Crippen LogP contribution in [0.3, 0.4) is 0 Å². The van der Waals surface area contributed by atoms with Crippen LogP contribution in [0, 0.1) is 5.82 Å². The van der Waals surface area contributed by atoms with Gasteiger partial charge in [-0.1, -0.05) is 49.4 Å². The molecule has 0 spiro atoms. The second kappa shape index (κ2) is 9.80. The third-order valence-corrected chi connectivity index (χ3v) is 5.63. The van der Waals surface area contributed by atoms with E-state index < -0.39 is 0 Å². The summed E-state index contributed by atoms with van der Waals surface area (Å²) in [4.78, 5) is 17.7. The second-order valence-electron chi connectivity index (χ2n) is 7.52. The van der Waals surface area contributed by atoms with Crippen LogP contribution in [0.4, 0.5) is 4.39 Å². The molecule has 1 fully saturated rings. The molecule has 0 aliphatic carbocycles. The molecule has 2 aromatic carbocycles. The molecule has 1 saturated heterocycles. The highest BCUT2D eigenvalue weighted by Crippen LogP contribution is 2.23. The predicted molar refractivity (Wildman–Crippen MR) is 111 cm³/mol. The fourth-order valence-electron chi connectivity index (χ4n) is 3.85. The van der Waals surface area contributed by atoms with E-state index in [1.165, 1.54) is 17.7 Å². The lowest BCUT2D eigenvalue weighted by Crippen LogP contribution is -2.48. The standard InChI is InChI=1S/C23H30FN3O/c1-3-21(18-9-11-20(24)12-10-18)23(28)25-17-22(19-7-5-4-6-8-19)27-15-13-26(2)14-16-27/h4-12,21-22H,3,13-17H2,1-2H3,(H,25,28). The lowest BCUT2D eigenvalue weighted by atomic mass is 9.95. The molecule has 4 nitrogen and oxygen atoms in total. The maximum atomic E-state index is 13.2. The molecule has 3 rings (SSSR count). The summed E-state index contributed by atoms with van der Waals surface area (Å²) in [5, 5.41) is 3.17. The number of halogens is 1. The molecule has 0 bridgehead atoms. The SMILES string of the molecule is CCC(C(=O)NCC(c1ccccc1)N1CCN(C)CC1)c1ccc(F)cc1. The van der Waals surface area contributed by atoms with Crippen molar-refractivity contribution in [3.63, 3.8) is 0 Å². The summed E-state index contributed by atoms with van der Waals surface area (Å²) in [7, 11) is 2.14. The summed E-state index contributed by atoms with van der Waals surface area (Å²) in [5.74, 6) is -0.535. The van der Waals surface area contributed by atoms with Gasteiger partial charge in [-0.3, -0.25) is 9.69 Å². The van der Waals surface area contributed by atoms with Crippen LogP contribution in [-0.4, -0.2) is 55.5 Å². The Labute approximate surface area is 167 Å². The van der Waals surface area contributed by atoms with Crippen LogP contribution in [0.2, 0.25) is 0 Å². The van der Waals surface area contributed by atoms with E-state index in [1.54, 1.807) is 12.1 Å². The minimum absolute atomic E-state index is 0.00386. The highest BCUT2D eigenvalue weighted by molar-refractivity contribution is 5.83. The Bertz CT molecular complexity index is 742. The third kappa shape index (κ3) is 5.18. The van der Waals surface area contributed by atoms with E-state index in [1.807, 2.05) is 25.1 Å². The Hall–Kier alpha value is -2.24. The Morgan fingerprint density at radius 1 is 1.00 bits per heavy atom. The maximum Gasteiger partial charge on any atom is 0.227 e. The minimum Gasteiger partial charge on any atom is -0.354 e. The normalized spacial score (nSPS) is 17.8. The van der Waals surface area contributed by atoms with Gasteiger partial charge in [0, 0.05) is 32.7 Å². The van der Waals surface area contributed by atoms with E-state index in [0.717, 1.165) is 31.7 Å². The van der Waals surface area contributed by atoms with Gasteiger partial charge in [-0.2, -0.15) is 0 Å². The van der Waals surface area contributed by atoms with Gasteiger partial charge >= 0.3 is 0 Å². The summed E-state index contributed by atoms with van der Waals surface area (Å²) in [6, 6.07) is 16.8. The molecule has 0 radical (unpaired) electrons. The quantitative estimate of drug-likeness (QED) is 0.796. The molecule has 1 aliphatic rings.